The molecule has 7 rings (SSSR count). The molecule has 0 amide bonds. The summed E-state index contributed by atoms with van der Waals surface area (Å²) < 4.78 is 0. The zero-order valence-electron chi connectivity index (χ0n) is 25.7. The third kappa shape index (κ3) is 10.3. The molecule has 0 aromatic heterocycles. The molecular formula is C42H35Cl2N3. The van der Waals surface area contributed by atoms with Gasteiger partial charge in [0.2, 0.25) is 0 Å². The smallest absolute Gasteiger partial charge is 0.0629 e. The van der Waals surface area contributed by atoms with E-state index in [0.29, 0.717) is 10.0 Å². The Morgan fingerprint density at radius 1 is 0.340 bits per heavy atom. The van der Waals surface area contributed by atoms with Crippen molar-refractivity contribution in [2.75, 3.05) is 16.4 Å². The average molecular weight is 653 g/mol. The fourth-order valence-corrected chi connectivity index (χ4v) is 4.98. The molecule has 0 unspecified atom stereocenters. The molecule has 5 heteroatoms. The molecule has 0 heterocycles. The molecule has 0 fully saturated rings. The van der Waals surface area contributed by atoms with Crippen LogP contribution in [0.25, 0.3) is 22.3 Å². The Bertz CT molecular complexity index is 1940. The van der Waals surface area contributed by atoms with Crippen LogP contribution in [0.1, 0.15) is 0 Å². The van der Waals surface area contributed by atoms with E-state index in [1.54, 1.807) is 0 Å². The van der Waals surface area contributed by atoms with Crippen molar-refractivity contribution < 1.29 is 0 Å². The highest BCUT2D eigenvalue weighted by molar-refractivity contribution is 6.42. The molecule has 7 aromatic rings. The van der Waals surface area contributed by atoms with Crippen LogP contribution in [0.4, 0.5) is 28.4 Å². The summed E-state index contributed by atoms with van der Waals surface area (Å²) in [7, 11) is 0. The van der Waals surface area contributed by atoms with Gasteiger partial charge >= 0.3 is 0 Å². The molecular weight excluding hydrogens is 617 g/mol. The first-order chi connectivity index (χ1) is 23.0. The predicted octanol–water partition coefficient (Wildman–Crippen LogP) is 12.8. The first kappa shape index (κ1) is 32.9. The molecule has 0 atom stereocenters. The van der Waals surface area contributed by atoms with Crippen LogP contribution in [0.2, 0.25) is 10.0 Å². The van der Waals surface area contributed by atoms with Crippen LogP contribution in [-0.2, 0) is 0 Å². The van der Waals surface area contributed by atoms with Crippen LogP contribution in [-0.4, -0.2) is 0 Å². The highest BCUT2D eigenvalue weighted by atomic mass is 35.5. The molecule has 0 bridgehead atoms. The van der Waals surface area contributed by atoms with Crippen LogP contribution >= 0.6 is 23.2 Å². The summed E-state index contributed by atoms with van der Waals surface area (Å²) in [6, 6.07) is 62.6. The van der Waals surface area contributed by atoms with Crippen LogP contribution in [0.5, 0.6) is 0 Å². The number of hydrogen-bond acceptors (Lipinski definition) is 3. The van der Waals surface area contributed by atoms with Crippen LogP contribution in [0.3, 0.4) is 0 Å². The Labute approximate surface area is 287 Å². The Morgan fingerprint density at radius 3 is 1.19 bits per heavy atom. The minimum Gasteiger partial charge on any atom is -0.399 e. The summed E-state index contributed by atoms with van der Waals surface area (Å²) in [5, 5.41) is 8.23. The van der Waals surface area contributed by atoms with Crippen molar-refractivity contribution in [2.45, 2.75) is 0 Å². The summed E-state index contributed by atoms with van der Waals surface area (Å²) in [6.45, 7) is 0. The van der Waals surface area contributed by atoms with Gasteiger partial charge < -0.3 is 16.4 Å². The molecule has 3 nitrogen and oxygen atoms in total. The normalized spacial score (nSPS) is 10.0. The number of rotatable bonds is 6. The lowest BCUT2D eigenvalue weighted by atomic mass is 10.0. The molecule has 0 aliphatic heterocycles. The number of nitrogen functional groups attached to an aromatic ring is 1. The Hall–Kier alpha value is -5.48. The van der Waals surface area contributed by atoms with E-state index < -0.39 is 0 Å². The van der Waals surface area contributed by atoms with Gasteiger partial charge in [-0.3, -0.25) is 0 Å². The minimum absolute atomic E-state index is 0.589. The van der Waals surface area contributed by atoms with Gasteiger partial charge in [-0.15, -0.1) is 0 Å². The quantitative estimate of drug-likeness (QED) is 0.157. The minimum atomic E-state index is 0.589. The zero-order chi connectivity index (χ0) is 32.7. The molecule has 7 aromatic carbocycles. The van der Waals surface area contributed by atoms with E-state index in [2.05, 4.69) is 77.4 Å². The average Bonchev–Trinajstić information content (AvgIpc) is 3.13. The monoisotopic (exact) mass is 651 g/mol. The lowest BCUT2D eigenvalue weighted by Crippen LogP contribution is -1.98. The SMILES string of the molecule is Clc1ccc(-c2ccccc2)cc1Cl.Nc1ccccc1.c1ccc(Nc2ccc(-c3ccccc3)cc2Nc2ccccc2)cc1. The Balaban J connectivity index is 0.000000171. The van der Waals surface area contributed by atoms with Gasteiger partial charge in [0, 0.05) is 17.1 Å². The summed E-state index contributed by atoms with van der Waals surface area (Å²) in [5.41, 5.74) is 15.0. The highest BCUT2D eigenvalue weighted by Crippen LogP contribution is 2.33. The molecule has 0 spiro atoms. The number of benzene rings is 7. The number of nitrogens with two attached hydrogens (primary N) is 1. The van der Waals surface area contributed by atoms with Gasteiger partial charge in [0.05, 0.1) is 21.4 Å². The predicted molar refractivity (Wildman–Crippen MR) is 204 cm³/mol. The lowest BCUT2D eigenvalue weighted by molar-refractivity contribution is 1.50. The fourth-order valence-electron chi connectivity index (χ4n) is 4.68. The van der Waals surface area contributed by atoms with Gasteiger partial charge in [-0.1, -0.05) is 151 Å². The van der Waals surface area contributed by atoms with Crippen LogP contribution < -0.4 is 16.4 Å². The van der Waals surface area contributed by atoms with Gasteiger partial charge in [-0.05, 0) is 82.9 Å². The highest BCUT2D eigenvalue weighted by Gasteiger charge is 2.07. The maximum Gasteiger partial charge on any atom is 0.0629 e. The molecule has 47 heavy (non-hydrogen) atoms. The number of nitrogens with one attached hydrogen (secondary N) is 2. The molecule has 0 saturated carbocycles. The second kappa shape index (κ2) is 17.3. The number of halogens is 2. The maximum absolute atomic E-state index is 5.93. The van der Waals surface area contributed by atoms with Crippen molar-refractivity contribution in [1.29, 1.82) is 0 Å². The van der Waals surface area contributed by atoms with E-state index in [1.807, 2.05) is 121 Å². The van der Waals surface area contributed by atoms with E-state index in [0.717, 1.165) is 39.6 Å². The molecule has 0 radical (unpaired) electrons. The summed E-state index contributed by atoms with van der Waals surface area (Å²) >= 11 is 11.8. The number of anilines is 5. The molecule has 0 aliphatic carbocycles. The third-order valence-electron chi connectivity index (χ3n) is 7.06. The standard InChI is InChI=1S/C24H20N2.C12H8Cl2.C6H7N/c1-4-10-19(11-5-1)20-16-17-23(25-21-12-6-2-7-13-21)24(18-20)26-22-14-8-3-9-15-22;13-11-7-6-10(8-12(11)14)9-4-2-1-3-5-9;7-6-4-2-1-3-5-6/h1-18,25-26H;1-8H;1-5H,7H2. The van der Waals surface area contributed by atoms with Crippen molar-refractivity contribution in [2.24, 2.45) is 0 Å². The molecule has 0 saturated heterocycles. The van der Waals surface area contributed by atoms with Crippen molar-refractivity contribution in [3.8, 4) is 22.3 Å². The summed E-state index contributed by atoms with van der Waals surface area (Å²) in [5.74, 6) is 0. The molecule has 232 valence electrons. The van der Waals surface area contributed by atoms with Gasteiger partial charge in [0.1, 0.15) is 0 Å². The van der Waals surface area contributed by atoms with E-state index in [4.69, 9.17) is 28.9 Å². The van der Waals surface area contributed by atoms with Crippen molar-refractivity contribution in [3.05, 3.63) is 198 Å². The largest absolute Gasteiger partial charge is 0.399 e. The van der Waals surface area contributed by atoms with E-state index in [-0.39, 0.29) is 0 Å². The van der Waals surface area contributed by atoms with Gasteiger partial charge in [0.15, 0.2) is 0 Å². The number of hydrogen-bond donors (Lipinski definition) is 3. The Kier molecular flexibility index (Phi) is 12.1. The van der Waals surface area contributed by atoms with Crippen LogP contribution in [0, 0.1) is 0 Å². The van der Waals surface area contributed by atoms with Gasteiger partial charge in [-0.25, -0.2) is 0 Å². The Morgan fingerprint density at radius 2 is 0.745 bits per heavy atom. The first-order valence-corrected chi connectivity index (χ1v) is 16.0. The van der Waals surface area contributed by atoms with Gasteiger partial charge in [0.25, 0.3) is 0 Å². The van der Waals surface area contributed by atoms with Crippen LogP contribution in [0.15, 0.2) is 188 Å². The summed E-state index contributed by atoms with van der Waals surface area (Å²) in [4.78, 5) is 0. The van der Waals surface area contributed by atoms with Gasteiger partial charge in [-0.2, -0.15) is 0 Å². The fraction of sp³-hybridized carbons (Fsp3) is 0. The van der Waals surface area contributed by atoms with Crippen molar-refractivity contribution >= 4 is 51.6 Å². The number of para-hydroxylation sites is 3. The topological polar surface area (TPSA) is 50.1 Å². The first-order valence-electron chi connectivity index (χ1n) is 15.2. The van der Waals surface area contributed by atoms with Crippen molar-refractivity contribution in [3.63, 3.8) is 0 Å². The van der Waals surface area contributed by atoms with Crippen molar-refractivity contribution in [1.82, 2.24) is 0 Å². The van der Waals surface area contributed by atoms with E-state index >= 15 is 0 Å². The summed E-state index contributed by atoms with van der Waals surface area (Å²) in [6.07, 6.45) is 0. The third-order valence-corrected chi connectivity index (χ3v) is 7.80. The zero-order valence-corrected chi connectivity index (χ0v) is 27.2. The van der Waals surface area contributed by atoms with E-state index in [1.165, 1.54) is 11.1 Å². The molecule has 4 N–H and O–H groups in total. The maximum atomic E-state index is 5.93. The second-order valence-corrected chi connectivity index (χ2v) is 11.3. The molecule has 0 aliphatic rings. The second-order valence-electron chi connectivity index (χ2n) is 10.5. The lowest BCUT2D eigenvalue weighted by Gasteiger charge is -2.16. The van der Waals surface area contributed by atoms with E-state index in [9.17, 15) is 0 Å².